The number of benzene rings is 2. The van der Waals surface area contributed by atoms with Crippen LogP contribution < -0.4 is 16.2 Å². The van der Waals surface area contributed by atoms with Crippen molar-refractivity contribution in [3.63, 3.8) is 0 Å². The van der Waals surface area contributed by atoms with Crippen LogP contribution in [0.25, 0.3) is 0 Å². The molecule has 5 nitrogen and oxygen atoms in total. The lowest BCUT2D eigenvalue weighted by atomic mass is 10.2. The Kier molecular flexibility index (Phi) is 4.50. The first kappa shape index (κ1) is 15.7. The number of primary sulfonamides is 1. The van der Waals surface area contributed by atoms with E-state index in [1.54, 1.807) is 12.1 Å². The SMILES string of the molecule is Nc1cc(S(N)(=O)=O)ccc1NCc1cc(Br)ccc1F. The van der Waals surface area contributed by atoms with Gasteiger partial charge >= 0.3 is 0 Å². The van der Waals surface area contributed by atoms with Gasteiger partial charge in [0.25, 0.3) is 0 Å². The van der Waals surface area contributed by atoms with Crippen LogP contribution in [0.5, 0.6) is 0 Å². The third-order valence-electron chi connectivity index (χ3n) is 2.83. The summed E-state index contributed by atoms with van der Waals surface area (Å²) < 4.78 is 36.8. The molecule has 112 valence electrons. The quantitative estimate of drug-likeness (QED) is 0.716. The highest BCUT2D eigenvalue weighted by Gasteiger charge is 2.10. The van der Waals surface area contributed by atoms with Gasteiger partial charge in [-0.05, 0) is 36.4 Å². The summed E-state index contributed by atoms with van der Waals surface area (Å²) in [7, 11) is -3.80. The third-order valence-corrected chi connectivity index (χ3v) is 4.23. The molecule has 0 fully saturated rings. The fraction of sp³-hybridized carbons (Fsp3) is 0.0769. The summed E-state index contributed by atoms with van der Waals surface area (Å²) in [6, 6.07) is 8.70. The Bertz CT molecular complexity index is 781. The summed E-state index contributed by atoms with van der Waals surface area (Å²) in [5.41, 5.74) is 6.94. The Balaban J connectivity index is 2.19. The van der Waals surface area contributed by atoms with Crippen molar-refractivity contribution in [1.29, 1.82) is 0 Å². The van der Waals surface area contributed by atoms with Gasteiger partial charge in [-0.3, -0.25) is 0 Å². The van der Waals surface area contributed by atoms with Gasteiger partial charge in [0, 0.05) is 16.6 Å². The lowest BCUT2D eigenvalue weighted by Crippen LogP contribution is -2.13. The number of nitrogens with two attached hydrogens (primary N) is 2. The predicted molar refractivity (Wildman–Crippen MR) is 83.7 cm³/mol. The normalized spacial score (nSPS) is 11.4. The maximum absolute atomic E-state index is 13.6. The largest absolute Gasteiger partial charge is 0.397 e. The van der Waals surface area contributed by atoms with Crippen LogP contribution >= 0.6 is 15.9 Å². The lowest BCUT2D eigenvalue weighted by Gasteiger charge is -2.11. The molecule has 0 saturated carbocycles. The highest BCUT2D eigenvalue weighted by molar-refractivity contribution is 9.10. The van der Waals surface area contributed by atoms with E-state index in [1.165, 1.54) is 24.3 Å². The Labute approximate surface area is 130 Å². The molecule has 0 bridgehead atoms. The summed E-state index contributed by atoms with van der Waals surface area (Å²) in [5.74, 6) is -0.342. The van der Waals surface area contributed by atoms with Gasteiger partial charge < -0.3 is 11.1 Å². The molecule has 0 aliphatic heterocycles. The molecule has 0 aliphatic rings. The number of sulfonamides is 1. The summed E-state index contributed by atoms with van der Waals surface area (Å²) in [6.07, 6.45) is 0. The van der Waals surface area contributed by atoms with E-state index < -0.39 is 10.0 Å². The number of nitrogen functional groups attached to an aromatic ring is 1. The van der Waals surface area contributed by atoms with Gasteiger partial charge in [-0.2, -0.15) is 0 Å². The topological polar surface area (TPSA) is 98.2 Å². The second-order valence-corrected chi connectivity index (χ2v) is 6.86. The molecule has 0 aromatic heterocycles. The fourth-order valence-electron chi connectivity index (χ4n) is 1.75. The molecule has 0 aliphatic carbocycles. The second kappa shape index (κ2) is 6.00. The number of hydrogen-bond donors (Lipinski definition) is 3. The summed E-state index contributed by atoms with van der Waals surface area (Å²) in [5, 5.41) is 7.97. The smallest absolute Gasteiger partial charge is 0.238 e. The number of rotatable bonds is 4. The molecule has 2 rings (SSSR count). The van der Waals surface area contributed by atoms with Gasteiger partial charge in [0.1, 0.15) is 5.82 Å². The van der Waals surface area contributed by atoms with Gasteiger partial charge in [0.15, 0.2) is 0 Å². The van der Waals surface area contributed by atoms with Crippen LogP contribution in [0.1, 0.15) is 5.56 Å². The molecule has 2 aromatic rings. The van der Waals surface area contributed by atoms with Crippen molar-refractivity contribution in [2.45, 2.75) is 11.4 Å². The molecular weight excluding hydrogens is 361 g/mol. The van der Waals surface area contributed by atoms with Crippen molar-refractivity contribution in [1.82, 2.24) is 0 Å². The average Bonchev–Trinajstić information content (AvgIpc) is 2.40. The van der Waals surface area contributed by atoms with E-state index >= 15 is 0 Å². The van der Waals surface area contributed by atoms with Crippen LogP contribution in [-0.2, 0) is 16.6 Å². The number of hydrogen-bond acceptors (Lipinski definition) is 4. The highest BCUT2D eigenvalue weighted by Crippen LogP contribution is 2.23. The van der Waals surface area contributed by atoms with Gasteiger partial charge in [-0.1, -0.05) is 15.9 Å². The molecule has 5 N–H and O–H groups in total. The lowest BCUT2D eigenvalue weighted by molar-refractivity contribution is 0.598. The van der Waals surface area contributed by atoms with E-state index in [4.69, 9.17) is 10.9 Å². The van der Waals surface area contributed by atoms with Crippen molar-refractivity contribution in [2.75, 3.05) is 11.1 Å². The Morgan fingerprint density at radius 1 is 1.19 bits per heavy atom. The Hall–Kier alpha value is -1.64. The van der Waals surface area contributed by atoms with Crippen LogP contribution in [0, 0.1) is 5.82 Å². The molecule has 0 heterocycles. The molecule has 0 amide bonds. The van der Waals surface area contributed by atoms with Gasteiger partial charge in [0.05, 0.1) is 16.3 Å². The van der Waals surface area contributed by atoms with E-state index in [0.29, 0.717) is 11.3 Å². The third kappa shape index (κ3) is 3.93. The van der Waals surface area contributed by atoms with E-state index in [1.807, 2.05) is 0 Å². The van der Waals surface area contributed by atoms with Crippen LogP contribution in [0.2, 0.25) is 0 Å². The van der Waals surface area contributed by atoms with Crippen LogP contribution in [-0.4, -0.2) is 8.42 Å². The molecule has 21 heavy (non-hydrogen) atoms. The maximum atomic E-state index is 13.6. The van der Waals surface area contributed by atoms with E-state index in [2.05, 4.69) is 21.2 Å². The Morgan fingerprint density at radius 2 is 1.90 bits per heavy atom. The monoisotopic (exact) mass is 373 g/mol. The Morgan fingerprint density at radius 3 is 2.52 bits per heavy atom. The second-order valence-electron chi connectivity index (χ2n) is 4.38. The van der Waals surface area contributed by atoms with E-state index in [0.717, 1.165) is 4.47 Å². The maximum Gasteiger partial charge on any atom is 0.238 e. The average molecular weight is 374 g/mol. The molecule has 0 unspecified atom stereocenters. The van der Waals surface area contributed by atoms with Crippen LogP contribution in [0.15, 0.2) is 45.8 Å². The summed E-state index contributed by atoms with van der Waals surface area (Å²) in [4.78, 5) is -0.0702. The van der Waals surface area contributed by atoms with Gasteiger partial charge in [0.2, 0.25) is 10.0 Å². The van der Waals surface area contributed by atoms with E-state index in [-0.39, 0.29) is 22.9 Å². The minimum atomic E-state index is -3.80. The van der Waals surface area contributed by atoms with Crippen molar-refractivity contribution >= 4 is 37.3 Å². The zero-order valence-electron chi connectivity index (χ0n) is 10.8. The van der Waals surface area contributed by atoms with Gasteiger partial charge in [-0.25, -0.2) is 17.9 Å². The summed E-state index contributed by atoms with van der Waals surface area (Å²) >= 11 is 3.27. The molecule has 0 spiro atoms. The first-order valence-electron chi connectivity index (χ1n) is 5.87. The van der Waals surface area contributed by atoms with Crippen LogP contribution in [0.3, 0.4) is 0 Å². The molecule has 0 saturated heterocycles. The number of anilines is 2. The fourth-order valence-corrected chi connectivity index (χ4v) is 2.71. The van der Waals surface area contributed by atoms with Crippen molar-refractivity contribution in [3.8, 4) is 0 Å². The molecular formula is C13H13BrFN3O2S. The molecule has 0 radical (unpaired) electrons. The number of halogens is 2. The molecule has 8 heteroatoms. The molecule has 0 atom stereocenters. The van der Waals surface area contributed by atoms with Crippen molar-refractivity contribution in [3.05, 3.63) is 52.3 Å². The molecule has 2 aromatic carbocycles. The first-order chi connectivity index (χ1) is 9.77. The minimum Gasteiger partial charge on any atom is -0.397 e. The highest BCUT2D eigenvalue weighted by atomic mass is 79.9. The standard InChI is InChI=1S/C13H13BrFN3O2S/c14-9-1-3-11(15)8(5-9)7-18-13-4-2-10(6-12(13)16)21(17,19)20/h1-6,18H,7,16H2,(H2,17,19,20). The van der Waals surface area contributed by atoms with Gasteiger partial charge in [-0.15, -0.1) is 0 Å². The first-order valence-corrected chi connectivity index (χ1v) is 8.21. The predicted octanol–water partition coefficient (Wildman–Crippen LogP) is 2.43. The minimum absolute atomic E-state index is 0.0702. The number of nitrogens with one attached hydrogen (secondary N) is 1. The van der Waals surface area contributed by atoms with Crippen LogP contribution in [0.4, 0.5) is 15.8 Å². The van der Waals surface area contributed by atoms with E-state index in [9.17, 15) is 12.8 Å². The zero-order chi connectivity index (χ0) is 15.6. The zero-order valence-corrected chi connectivity index (χ0v) is 13.2. The van der Waals surface area contributed by atoms with Crippen molar-refractivity contribution in [2.24, 2.45) is 5.14 Å². The van der Waals surface area contributed by atoms with Crippen molar-refractivity contribution < 1.29 is 12.8 Å². The summed E-state index contributed by atoms with van der Waals surface area (Å²) in [6.45, 7) is 0.212.